The molecule has 0 saturated carbocycles. The molecule has 1 aliphatic heterocycles. The molecule has 0 aliphatic carbocycles. The predicted molar refractivity (Wildman–Crippen MR) is 138 cm³/mol. The van der Waals surface area contributed by atoms with Crippen LogP contribution in [-0.2, 0) is 6.42 Å². The lowest BCUT2D eigenvalue weighted by Gasteiger charge is -2.38. The number of aromatic nitrogens is 3. The lowest BCUT2D eigenvalue weighted by molar-refractivity contribution is 0.372. The van der Waals surface area contributed by atoms with Crippen LogP contribution in [0.25, 0.3) is 5.65 Å². The second-order valence-corrected chi connectivity index (χ2v) is 7.82. The van der Waals surface area contributed by atoms with Crippen molar-refractivity contribution in [3.05, 3.63) is 59.5 Å². The molecule has 1 aliphatic rings. The van der Waals surface area contributed by atoms with E-state index in [1.54, 1.807) is 0 Å². The first-order valence-corrected chi connectivity index (χ1v) is 10.7. The number of hydrogen-bond donors (Lipinski definition) is 1. The van der Waals surface area contributed by atoms with Gasteiger partial charge in [0.1, 0.15) is 5.82 Å². The van der Waals surface area contributed by atoms with E-state index in [-0.39, 0.29) is 24.0 Å². The Bertz CT molecular complexity index is 1020. The van der Waals surface area contributed by atoms with Crippen LogP contribution in [0, 0.1) is 13.8 Å². The number of halogens is 1. The van der Waals surface area contributed by atoms with Crippen molar-refractivity contribution in [1.82, 2.24) is 24.8 Å². The van der Waals surface area contributed by atoms with Crippen LogP contribution in [0.2, 0.25) is 0 Å². The predicted octanol–water partition coefficient (Wildman–Crippen LogP) is 3.29. The molecule has 0 amide bonds. The van der Waals surface area contributed by atoms with Gasteiger partial charge in [0.15, 0.2) is 11.6 Å². The van der Waals surface area contributed by atoms with E-state index < -0.39 is 0 Å². The molecule has 0 radical (unpaired) electrons. The fourth-order valence-corrected chi connectivity index (χ4v) is 4.08. The first kappa shape index (κ1) is 23.3. The molecular weight excluding hydrogens is 501 g/mol. The van der Waals surface area contributed by atoms with Crippen LogP contribution in [0.5, 0.6) is 0 Å². The smallest absolute Gasteiger partial charge is 0.193 e. The van der Waals surface area contributed by atoms with Crippen molar-refractivity contribution in [3.8, 4) is 0 Å². The lowest BCUT2D eigenvalue weighted by Crippen LogP contribution is -2.52. The second kappa shape index (κ2) is 10.8. The van der Waals surface area contributed by atoms with Gasteiger partial charge in [-0.15, -0.1) is 34.2 Å². The van der Waals surface area contributed by atoms with E-state index >= 15 is 0 Å². The van der Waals surface area contributed by atoms with Crippen molar-refractivity contribution in [2.45, 2.75) is 26.7 Å². The van der Waals surface area contributed by atoms with E-state index in [9.17, 15) is 0 Å². The minimum Gasteiger partial charge on any atom is -0.368 e. The van der Waals surface area contributed by atoms with Gasteiger partial charge in [-0.25, -0.2) is 0 Å². The third kappa shape index (κ3) is 5.28. The highest BCUT2D eigenvalue weighted by Crippen LogP contribution is 2.23. The van der Waals surface area contributed by atoms with Crippen LogP contribution in [-0.4, -0.2) is 65.2 Å². The number of nitrogens with one attached hydrogen (secondary N) is 1. The minimum absolute atomic E-state index is 0. The van der Waals surface area contributed by atoms with E-state index in [2.05, 4.69) is 66.8 Å². The molecule has 1 N–H and O–H groups in total. The van der Waals surface area contributed by atoms with Crippen LogP contribution in [0.15, 0.2) is 47.6 Å². The number of guanidine groups is 1. The van der Waals surface area contributed by atoms with E-state index in [0.717, 1.165) is 63.0 Å². The van der Waals surface area contributed by atoms with Crippen LogP contribution < -0.4 is 10.2 Å². The topological polar surface area (TPSA) is 61.1 Å². The van der Waals surface area contributed by atoms with Gasteiger partial charge in [-0.05, 0) is 49.6 Å². The van der Waals surface area contributed by atoms with Gasteiger partial charge in [0.2, 0.25) is 0 Å². The number of aryl methyl sites for hydroxylation is 2. The SMILES string of the molecule is CN=C(NCCCc1nnc2ccccn12)N1CCN(c2cccc(C)c2C)CC1.I. The Labute approximate surface area is 201 Å². The monoisotopic (exact) mass is 533 g/mol. The van der Waals surface area contributed by atoms with Gasteiger partial charge in [0.05, 0.1) is 0 Å². The number of aliphatic imine (C=N–C) groups is 1. The summed E-state index contributed by atoms with van der Waals surface area (Å²) in [5.41, 5.74) is 5.00. The lowest BCUT2D eigenvalue weighted by atomic mass is 10.1. The third-order valence-corrected chi connectivity index (χ3v) is 5.95. The Morgan fingerprint density at radius 2 is 1.84 bits per heavy atom. The van der Waals surface area contributed by atoms with Crippen LogP contribution in [0.3, 0.4) is 0 Å². The van der Waals surface area contributed by atoms with Crippen molar-refractivity contribution in [1.29, 1.82) is 0 Å². The Balaban J connectivity index is 0.00000272. The highest BCUT2D eigenvalue weighted by atomic mass is 127. The van der Waals surface area contributed by atoms with Crippen molar-refractivity contribution in [2.24, 2.45) is 4.99 Å². The van der Waals surface area contributed by atoms with Crippen LogP contribution in [0.1, 0.15) is 23.4 Å². The molecule has 0 bridgehead atoms. The molecule has 1 saturated heterocycles. The summed E-state index contributed by atoms with van der Waals surface area (Å²) >= 11 is 0. The van der Waals surface area contributed by atoms with Gasteiger partial charge in [-0.2, -0.15) is 0 Å². The summed E-state index contributed by atoms with van der Waals surface area (Å²) in [6.07, 6.45) is 3.89. The number of hydrogen-bond acceptors (Lipinski definition) is 4. The van der Waals surface area contributed by atoms with Crippen molar-refractivity contribution >= 4 is 41.3 Å². The maximum atomic E-state index is 4.51. The summed E-state index contributed by atoms with van der Waals surface area (Å²) in [5, 5.41) is 12.1. The Kier molecular flexibility index (Phi) is 8.11. The molecule has 0 atom stereocenters. The highest BCUT2D eigenvalue weighted by molar-refractivity contribution is 14.0. The summed E-state index contributed by atoms with van der Waals surface area (Å²) in [5.74, 6) is 1.99. The summed E-state index contributed by atoms with van der Waals surface area (Å²) in [6.45, 7) is 9.24. The van der Waals surface area contributed by atoms with E-state index in [4.69, 9.17) is 0 Å². The Morgan fingerprint density at radius 1 is 1.03 bits per heavy atom. The Hall–Kier alpha value is -2.36. The molecule has 4 rings (SSSR count). The maximum Gasteiger partial charge on any atom is 0.193 e. The fourth-order valence-electron chi connectivity index (χ4n) is 4.08. The standard InChI is InChI=1S/C23H31N7.HI/c1-18-8-6-9-20(19(18)2)28-14-16-29(17-15-28)23(24-3)25-12-7-11-22-27-26-21-10-4-5-13-30(21)22;/h4-6,8-10,13H,7,11-12,14-17H2,1-3H3,(H,24,25);1H. The molecule has 166 valence electrons. The fraction of sp³-hybridized carbons (Fsp3) is 0.435. The first-order chi connectivity index (χ1) is 14.7. The number of benzene rings is 1. The van der Waals surface area contributed by atoms with Gasteiger partial charge in [0, 0.05) is 58.1 Å². The normalized spacial score (nSPS) is 14.6. The molecule has 3 heterocycles. The van der Waals surface area contributed by atoms with Crippen molar-refractivity contribution in [2.75, 3.05) is 44.7 Å². The molecule has 31 heavy (non-hydrogen) atoms. The van der Waals surface area contributed by atoms with Gasteiger partial charge in [-0.3, -0.25) is 9.39 Å². The van der Waals surface area contributed by atoms with Crippen LogP contribution in [0.4, 0.5) is 5.69 Å². The summed E-state index contributed by atoms with van der Waals surface area (Å²) < 4.78 is 2.06. The zero-order valence-corrected chi connectivity index (χ0v) is 20.9. The molecule has 0 spiro atoms. The van der Waals surface area contributed by atoms with Crippen molar-refractivity contribution in [3.63, 3.8) is 0 Å². The maximum absolute atomic E-state index is 4.51. The average Bonchev–Trinajstić information content (AvgIpc) is 3.19. The molecule has 0 unspecified atom stereocenters. The van der Waals surface area contributed by atoms with E-state index in [0.29, 0.717) is 0 Å². The number of pyridine rings is 1. The number of fused-ring (bicyclic) bond motifs is 1. The van der Waals surface area contributed by atoms with Gasteiger partial charge in [-0.1, -0.05) is 18.2 Å². The molecule has 1 aromatic carbocycles. The number of nitrogens with zero attached hydrogens (tertiary/aromatic N) is 6. The summed E-state index contributed by atoms with van der Waals surface area (Å²) in [7, 11) is 1.87. The zero-order chi connectivity index (χ0) is 20.9. The van der Waals surface area contributed by atoms with Gasteiger partial charge >= 0.3 is 0 Å². The zero-order valence-electron chi connectivity index (χ0n) is 18.6. The molecular formula is C23H32IN7. The average molecular weight is 533 g/mol. The molecule has 1 fully saturated rings. The first-order valence-electron chi connectivity index (χ1n) is 10.7. The molecule has 7 nitrogen and oxygen atoms in total. The molecule has 8 heteroatoms. The second-order valence-electron chi connectivity index (χ2n) is 7.82. The van der Waals surface area contributed by atoms with E-state index in [1.165, 1.54) is 16.8 Å². The van der Waals surface area contributed by atoms with Gasteiger partial charge in [0.25, 0.3) is 0 Å². The third-order valence-electron chi connectivity index (χ3n) is 5.95. The highest BCUT2D eigenvalue weighted by Gasteiger charge is 2.21. The molecule has 3 aromatic rings. The molecule has 2 aromatic heterocycles. The van der Waals surface area contributed by atoms with Crippen molar-refractivity contribution < 1.29 is 0 Å². The summed E-state index contributed by atoms with van der Waals surface area (Å²) in [6, 6.07) is 12.6. The minimum atomic E-state index is 0. The largest absolute Gasteiger partial charge is 0.368 e. The van der Waals surface area contributed by atoms with Crippen LogP contribution >= 0.6 is 24.0 Å². The summed E-state index contributed by atoms with van der Waals surface area (Å²) in [4.78, 5) is 9.35. The van der Waals surface area contributed by atoms with Gasteiger partial charge < -0.3 is 15.1 Å². The Morgan fingerprint density at radius 3 is 2.61 bits per heavy atom. The number of rotatable bonds is 5. The van der Waals surface area contributed by atoms with E-state index in [1.807, 2.05) is 31.4 Å². The number of anilines is 1. The quantitative estimate of drug-likeness (QED) is 0.236. The number of piperazine rings is 1.